The molecule has 1 N–H and O–H groups in total. The summed E-state index contributed by atoms with van der Waals surface area (Å²) >= 11 is 0. The summed E-state index contributed by atoms with van der Waals surface area (Å²) in [6.07, 6.45) is -5.59. The van der Waals surface area contributed by atoms with Crippen LogP contribution in [0.15, 0.2) is 91.0 Å². The Labute approximate surface area is 199 Å². The van der Waals surface area contributed by atoms with Crippen LogP contribution in [0.1, 0.15) is 31.1 Å². The van der Waals surface area contributed by atoms with Gasteiger partial charge in [-0.15, -0.1) is 0 Å². The molecular weight excluding hydrogens is 459 g/mol. The SMILES string of the molecule is O=C(OC[C@H]1OC(OC(=O)c2ccccc2)[C@](O)(F)[C@@H]1OC(=O)c1ccccc1)c1ccccc1. The highest BCUT2D eigenvalue weighted by Crippen LogP contribution is 2.37. The van der Waals surface area contributed by atoms with Crippen LogP contribution in [-0.2, 0) is 18.9 Å². The maximum Gasteiger partial charge on any atom is 0.340 e. The monoisotopic (exact) mass is 480 g/mol. The number of benzene rings is 3. The second kappa shape index (κ2) is 10.5. The molecule has 4 rings (SSSR count). The van der Waals surface area contributed by atoms with Crippen molar-refractivity contribution in [2.45, 2.75) is 24.4 Å². The Balaban J connectivity index is 1.53. The van der Waals surface area contributed by atoms with Gasteiger partial charge in [0, 0.05) is 0 Å². The van der Waals surface area contributed by atoms with Gasteiger partial charge in [0.2, 0.25) is 0 Å². The molecule has 0 aliphatic carbocycles. The quantitative estimate of drug-likeness (QED) is 0.405. The second-order valence-corrected chi connectivity index (χ2v) is 7.66. The summed E-state index contributed by atoms with van der Waals surface area (Å²) in [7, 11) is 0. The van der Waals surface area contributed by atoms with Crippen LogP contribution in [0.2, 0.25) is 0 Å². The maximum absolute atomic E-state index is 15.5. The second-order valence-electron chi connectivity index (χ2n) is 7.66. The fraction of sp³-hybridized carbons (Fsp3) is 0.192. The number of aliphatic hydroxyl groups is 1. The third-order valence-corrected chi connectivity index (χ3v) is 5.22. The van der Waals surface area contributed by atoms with E-state index in [0.29, 0.717) is 0 Å². The number of ether oxygens (including phenoxy) is 4. The zero-order valence-electron chi connectivity index (χ0n) is 18.3. The molecule has 0 radical (unpaired) electrons. The Bertz CT molecular complexity index is 1170. The third kappa shape index (κ3) is 5.53. The van der Waals surface area contributed by atoms with E-state index in [1.807, 2.05) is 0 Å². The summed E-state index contributed by atoms with van der Waals surface area (Å²) in [6.45, 7) is -0.591. The molecule has 0 aromatic heterocycles. The summed E-state index contributed by atoms with van der Waals surface area (Å²) in [5.74, 6) is -6.10. The maximum atomic E-state index is 15.5. The molecule has 0 spiro atoms. The van der Waals surface area contributed by atoms with Crippen LogP contribution < -0.4 is 0 Å². The van der Waals surface area contributed by atoms with Crippen LogP contribution in [0, 0.1) is 0 Å². The van der Waals surface area contributed by atoms with Gasteiger partial charge in [0.15, 0.2) is 6.10 Å². The van der Waals surface area contributed by atoms with Gasteiger partial charge in [-0.2, -0.15) is 0 Å². The molecule has 1 heterocycles. The highest BCUT2D eigenvalue weighted by Gasteiger charge is 2.62. The van der Waals surface area contributed by atoms with Gasteiger partial charge in [-0.3, -0.25) is 0 Å². The average Bonchev–Trinajstić information content (AvgIpc) is 3.12. The lowest BCUT2D eigenvalue weighted by atomic mass is 10.1. The van der Waals surface area contributed by atoms with Crippen LogP contribution >= 0.6 is 0 Å². The number of carbonyl (C=O) groups is 3. The molecule has 35 heavy (non-hydrogen) atoms. The molecule has 1 aliphatic heterocycles. The number of carbonyl (C=O) groups excluding carboxylic acids is 3. The van der Waals surface area contributed by atoms with Crippen molar-refractivity contribution in [2.75, 3.05) is 6.61 Å². The van der Waals surface area contributed by atoms with Crippen molar-refractivity contribution < 1.29 is 42.8 Å². The first-order valence-corrected chi connectivity index (χ1v) is 10.7. The normalized spacial score (nSPS) is 23.3. The fourth-order valence-corrected chi connectivity index (χ4v) is 3.43. The van der Waals surface area contributed by atoms with E-state index in [4.69, 9.17) is 18.9 Å². The van der Waals surface area contributed by atoms with Gasteiger partial charge < -0.3 is 24.1 Å². The van der Waals surface area contributed by atoms with Gasteiger partial charge in [-0.05, 0) is 36.4 Å². The number of rotatable bonds is 7. The van der Waals surface area contributed by atoms with Crippen LogP contribution in [-0.4, -0.2) is 54.0 Å². The van der Waals surface area contributed by atoms with Crippen LogP contribution in [0.4, 0.5) is 4.39 Å². The molecule has 3 aromatic carbocycles. The predicted octanol–water partition coefficient (Wildman–Crippen LogP) is 3.31. The minimum atomic E-state index is -3.43. The Kier molecular flexibility index (Phi) is 7.19. The largest absolute Gasteiger partial charge is 0.459 e. The van der Waals surface area contributed by atoms with Crippen molar-refractivity contribution in [3.8, 4) is 0 Å². The Morgan fingerprint density at radius 2 is 1.17 bits per heavy atom. The topological polar surface area (TPSA) is 108 Å². The minimum absolute atomic E-state index is 0.0867. The summed E-state index contributed by atoms with van der Waals surface area (Å²) < 4.78 is 36.3. The Morgan fingerprint density at radius 3 is 1.66 bits per heavy atom. The molecule has 8 nitrogen and oxygen atoms in total. The zero-order valence-corrected chi connectivity index (χ0v) is 18.3. The zero-order chi connectivity index (χ0) is 24.8. The van der Waals surface area contributed by atoms with Gasteiger partial charge in [-0.1, -0.05) is 54.6 Å². The highest BCUT2D eigenvalue weighted by molar-refractivity contribution is 5.90. The Morgan fingerprint density at radius 1 is 0.743 bits per heavy atom. The van der Waals surface area contributed by atoms with E-state index >= 15 is 4.39 Å². The highest BCUT2D eigenvalue weighted by atomic mass is 19.2. The van der Waals surface area contributed by atoms with E-state index in [2.05, 4.69) is 0 Å². The smallest absolute Gasteiger partial charge is 0.340 e. The first kappa shape index (κ1) is 24.1. The summed E-state index contributed by atoms with van der Waals surface area (Å²) in [5.41, 5.74) is 0.405. The lowest BCUT2D eigenvalue weighted by Gasteiger charge is -2.25. The van der Waals surface area contributed by atoms with Crippen molar-refractivity contribution in [2.24, 2.45) is 0 Å². The van der Waals surface area contributed by atoms with Crippen molar-refractivity contribution in [3.63, 3.8) is 0 Å². The third-order valence-electron chi connectivity index (χ3n) is 5.22. The van der Waals surface area contributed by atoms with E-state index in [1.165, 1.54) is 36.4 Å². The van der Waals surface area contributed by atoms with Crippen molar-refractivity contribution in [1.82, 2.24) is 0 Å². The number of halogens is 1. The van der Waals surface area contributed by atoms with E-state index < -0.39 is 48.9 Å². The van der Waals surface area contributed by atoms with Crippen LogP contribution in [0.3, 0.4) is 0 Å². The van der Waals surface area contributed by atoms with Crippen molar-refractivity contribution >= 4 is 17.9 Å². The molecule has 1 aliphatic rings. The van der Waals surface area contributed by atoms with E-state index in [9.17, 15) is 19.5 Å². The first-order valence-electron chi connectivity index (χ1n) is 10.7. The summed E-state index contributed by atoms with van der Waals surface area (Å²) in [5, 5.41) is 10.6. The van der Waals surface area contributed by atoms with Crippen LogP contribution in [0.25, 0.3) is 0 Å². The molecule has 0 amide bonds. The molecule has 9 heteroatoms. The summed E-state index contributed by atoms with van der Waals surface area (Å²) in [4.78, 5) is 37.3. The molecule has 1 fully saturated rings. The number of esters is 3. The van der Waals surface area contributed by atoms with Gasteiger partial charge in [0.25, 0.3) is 6.29 Å². The van der Waals surface area contributed by atoms with Crippen molar-refractivity contribution in [3.05, 3.63) is 108 Å². The molecule has 3 aromatic rings. The number of alkyl halides is 1. The van der Waals surface area contributed by atoms with E-state index in [0.717, 1.165) is 0 Å². The van der Waals surface area contributed by atoms with E-state index in [-0.39, 0.29) is 16.7 Å². The van der Waals surface area contributed by atoms with Gasteiger partial charge in [-0.25, -0.2) is 18.8 Å². The number of hydrogen-bond donors (Lipinski definition) is 1. The lowest BCUT2D eigenvalue weighted by Crippen LogP contribution is -2.48. The average molecular weight is 480 g/mol. The number of hydrogen-bond acceptors (Lipinski definition) is 8. The first-order chi connectivity index (χ1) is 16.9. The minimum Gasteiger partial charge on any atom is -0.459 e. The molecule has 1 unspecified atom stereocenters. The van der Waals surface area contributed by atoms with Crippen molar-refractivity contribution in [1.29, 1.82) is 0 Å². The standard InChI is InChI=1S/C26H21FO8/c27-26(31)21(34-23(29)18-12-6-2-7-13-18)20(16-32-22(28)17-10-4-1-5-11-17)33-25(26)35-24(30)19-14-8-3-9-15-19/h1-15,20-21,25,31H,16H2/t20-,21-,25?,26+/m1/s1. The predicted molar refractivity (Wildman–Crippen MR) is 119 cm³/mol. The van der Waals surface area contributed by atoms with Gasteiger partial charge >= 0.3 is 23.8 Å². The fourth-order valence-electron chi connectivity index (χ4n) is 3.43. The Hall–Kier alpha value is -4.08. The lowest BCUT2D eigenvalue weighted by molar-refractivity contribution is -0.238. The molecule has 1 saturated heterocycles. The molecular formula is C26H21FO8. The molecule has 180 valence electrons. The molecule has 4 atom stereocenters. The van der Waals surface area contributed by atoms with Gasteiger partial charge in [0.1, 0.15) is 12.7 Å². The molecule has 0 saturated carbocycles. The van der Waals surface area contributed by atoms with E-state index in [1.54, 1.807) is 54.6 Å². The van der Waals surface area contributed by atoms with Gasteiger partial charge in [0.05, 0.1) is 16.7 Å². The van der Waals surface area contributed by atoms with Crippen LogP contribution in [0.5, 0.6) is 0 Å². The summed E-state index contributed by atoms with van der Waals surface area (Å²) in [6, 6.07) is 23.4. The molecule has 0 bridgehead atoms.